The number of nitrogens with one attached hydrogen (secondary N) is 1. The van der Waals surface area contributed by atoms with Crippen molar-refractivity contribution < 1.29 is 26.3 Å². The van der Waals surface area contributed by atoms with Crippen molar-refractivity contribution in [2.24, 2.45) is 0 Å². The molecule has 0 unspecified atom stereocenters. The van der Waals surface area contributed by atoms with Crippen LogP contribution in [0.25, 0.3) is 0 Å². The number of benzene rings is 1. The van der Waals surface area contributed by atoms with Crippen molar-refractivity contribution in [3.63, 3.8) is 0 Å². The monoisotopic (exact) mass is 312 g/mol. The lowest BCUT2D eigenvalue weighted by Gasteiger charge is -2.13. The number of hydrogen-bond acceptors (Lipinski definition) is 4. The number of sulfonamides is 1. The number of ether oxygens (including phenoxy) is 1. The van der Waals surface area contributed by atoms with Crippen LogP contribution in [0.5, 0.6) is 5.75 Å². The summed E-state index contributed by atoms with van der Waals surface area (Å²) in [5.41, 5.74) is 5.66. The van der Waals surface area contributed by atoms with Crippen molar-refractivity contribution in [2.45, 2.75) is 24.4 Å². The van der Waals surface area contributed by atoms with Crippen LogP contribution < -0.4 is 15.2 Å². The van der Waals surface area contributed by atoms with Crippen LogP contribution in [0.3, 0.4) is 0 Å². The number of nitrogens with two attached hydrogens (primary N) is 1. The first-order valence-electron chi connectivity index (χ1n) is 5.74. The molecule has 0 spiro atoms. The summed E-state index contributed by atoms with van der Waals surface area (Å²) < 4.78 is 67.0. The summed E-state index contributed by atoms with van der Waals surface area (Å²) in [6.07, 6.45) is -5.68. The van der Waals surface area contributed by atoms with Crippen molar-refractivity contribution >= 4 is 15.7 Å². The molecule has 20 heavy (non-hydrogen) atoms. The van der Waals surface area contributed by atoms with Crippen molar-refractivity contribution in [3.8, 4) is 5.75 Å². The van der Waals surface area contributed by atoms with Gasteiger partial charge in [-0.2, -0.15) is 13.2 Å². The van der Waals surface area contributed by atoms with Crippen LogP contribution in [0, 0.1) is 0 Å². The molecule has 0 aliphatic rings. The maximum Gasteiger partial charge on any atom is 0.390 e. The van der Waals surface area contributed by atoms with Gasteiger partial charge >= 0.3 is 6.18 Å². The SMILES string of the molecule is CCOc1ccc(N)cc1S(=O)(=O)NCCC(F)(F)F. The second-order valence-corrected chi connectivity index (χ2v) is 5.64. The van der Waals surface area contributed by atoms with Crippen molar-refractivity contribution in [1.29, 1.82) is 0 Å². The van der Waals surface area contributed by atoms with Gasteiger partial charge in [-0.1, -0.05) is 0 Å². The summed E-state index contributed by atoms with van der Waals surface area (Å²) >= 11 is 0. The molecule has 9 heteroatoms. The molecule has 0 amide bonds. The number of nitrogen functional groups attached to an aromatic ring is 1. The Labute approximate surface area is 115 Å². The van der Waals surface area contributed by atoms with Crippen LogP contribution >= 0.6 is 0 Å². The fourth-order valence-corrected chi connectivity index (χ4v) is 2.62. The average molecular weight is 312 g/mol. The van der Waals surface area contributed by atoms with Gasteiger partial charge in [-0.05, 0) is 25.1 Å². The van der Waals surface area contributed by atoms with E-state index in [4.69, 9.17) is 10.5 Å². The summed E-state index contributed by atoms with van der Waals surface area (Å²) in [6.45, 7) is 1.13. The predicted molar refractivity (Wildman–Crippen MR) is 67.9 cm³/mol. The van der Waals surface area contributed by atoms with Gasteiger partial charge in [0.25, 0.3) is 0 Å². The van der Waals surface area contributed by atoms with Gasteiger partial charge in [0, 0.05) is 12.2 Å². The number of rotatable bonds is 6. The minimum absolute atomic E-state index is 0.0428. The number of hydrogen-bond donors (Lipinski definition) is 2. The van der Waals surface area contributed by atoms with Crippen LogP contribution in [0.2, 0.25) is 0 Å². The molecule has 3 N–H and O–H groups in total. The van der Waals surface area contributed by atoms with Gasteiger partial charge in [0.1, 0.15) is 10.6 Å². The third kappa shape index (κ3) is 4.89. The zero-order valence-electron chi connectivity index (χ0n) is 10.7. The Morgan fingerprint density at radius 3 is 2.55 bits per heavy atom. The number of anilines is 1. The highest BCUT2D eigenvalue weighted by Gasteiger charge is 2.28. The second-order valence-electron chi connectivity index (χ2n) is 3.90. The van der Waals surface area contributed by atoms with E-state index in [1.807, 2.05) is 4.72 Å². The first-order chi connectivity index (χ1) is 9.15. The normalized spacial score (nSPS) is 12.4. The third-order valence-electron chi connectivity index (χ3n) is 2.26. The zero-order valence-corrected chi connectivity index (χ0v) is 11.5. The predicted octanol–water partition coefficient (Wildman–Crippen LogP) is 1.90. The van der Waals surface area contributed by atoms with Crippen molar-refractivity contribution in [1.82, 2.24) is 4.72 Å². The Bertz CT molecular complexity index is 559. The molecule has 0 fully saturated rings. The minimum Gasteiger partial charge on any atom is -0.492 e. The highest BCUT2D eigenvalue weighted by atomic mass is 32.2. The summed E-state index contributed by atoms with van der Waals surface area (Å²) in [7, 11) is -4.11. The van der Waals surface area contributed by atoms with Crippen LogP contribution in [0.15, 0.2) is 23.1 Å². The van der Waals surface area contributed by atoms with Gasteiger partial charge in [0.15, 0.2) is 0 Å². The van der Waals surface area contributed by atoms with Gasteiger partial charge in [-0.25, -0.2) is 13.1 Å². The molecule has 1 rings (SSSR count). The van der Waals surface area contributed by atoms with E-state index in [-0.39, 0.29) is 22.9 Å². The van der Waals surface area contributed by atoms with E-state index in [2.05, 4.69) is 0 Å². The summed E-state index contributed by atoms with van der Waals surface area (Å²) in [6, 6.07) is 3.94. The smallest absolute Gasteiger partial charge is 0.390 e. The Hall–Kier alpha value is -1.48. The minimum atomic E-state index is -4.43. The second kappa shape index (κ2) is 6.31. The lowest BCUT2D eigenvalue weighted by atomic mass is 10.3. The zero-order chi connectivity index (χ0) is 15.4. The van der Waals surface area contributed by atoms with Gasteiger partial charge in [0.05, 0.1) is 13.0 Å². The molecule has 0 heterocycles. The van der Waals surface area contributed by atoms with Crippen molar-refractivity contribution in [2.75, 3.05) is 18.9 Å². The molecule has 0 bridgehead atoms. The molecule has 0 atom stereocenters. The molecule has 0 radical (unpaired) electrons. The van der Waals surface area contributed by atoms with Gasteiger partial charge in [-0.3, -0.25) is 0 Å². The topological polar surface area (TPSA) is 81.4 Å². The molecular weight excluding hydrogens is 297 g/mol. The molecule has 0 aliphatic heterocycles. The van der Waals surface area contributed by atoms with Crippen LogP contribution in [-0.2, 0) is 10.0 Å². The van der Waals surface area contributed by atoms with Crippen LogP contribution in [-0.4, -0.2) is 27.7 Å². The summed E-state index contributed by atoms with van der Waals surface area (Å²) in [5.74, 6) is 0.0428. The Morgan fingerprint density at radius 1 is 1.35 bits per heavy atom. The number of halogens is 3. The third-order valence-corrected chi connectivity index (χ3v) is 3.74. The standard InChI is InChI=1S/C11H15F3N2O3S/c1-2-19-9-4-3-8(15)7-10(9)20(17,18)16-6-5-11(12,13)14/h3-4,7,16H,2,5-6,15H2,1H3. The van der Waals surface area contributed by atoms with E-state index in [0.29, 0.717) is 0 Å². The van der Waals surface area contributed by atoms with Crippen LogP contribution in [0.1, 0.15) is 13.3 Å². The molecule has 0 saturated heterocycles. The lowest BCUT2D eigenvalue weighted by Crippen LogP contribution is -2.28. The summed E-state index contributed by atoms with van der Waals surface area (Å²) in [4.78, 5) is -0.276. The Balaban J connectivity index is 2.94. The fraction of sp³-hybridized carbons (Fsp3) is 0.455. The van der Waals surface area contributed by atoms with Gasteiger partial charge < -0.3 is 10.5 Å². The molecular formula is C11H15F3N2O3S. The summed E-state index contributed by atoms with van der Waals surface area (Å²) in [5, 5.41) is 0. The Kier molecular flexibility index (Phi) is 5.23. The van der Waals surface area contributed by atoms with Gasteiger partial charge in [0.2, 0.25) is 10.0 Å². The molecule has 0 saturated carbocycles. The highest BCUT2D eigenvalue weighted by molar-refractivity contribution is 7.89. The van der Waals surface area contributed by atoms with E-state index >= 15 is 0 Å². The maximum absolute atomic E-state index is 12.0. The van der Waals surface area contributed by atoms with Gasteiger partial charge in [-0.15, -0.1) is 0 Å². The molecule has 0 aliphatic carbocycles. The van der Waals surface area contributed by atoms with E-state index in [1.165, 1.54) is 12.1 Å². The lowest BCUT2D eigenvalue weighted by molar-refractivity contribution is -0.132. The largest absolute Gasteiger partial charge is 0.492 e. The Morgan fingerprint density at radius 2 is 2.00 bits per heavy atom. The molecule has 5 nitrogen and oxygen atoms in total. The van der Waals surface area contributed by atoms with Crippen molar-refractivity contribution in [3.05, 3.63) is 18.2 Å². The maximum atomic E-state index is 12.0. The van der Waals surface area contributed by atoms with Crippen LogP contribution in [0.4, 0.5) is 18.9 Å². The fourth-order valence-electron chi connectivity index (χ4n) is 1.41. The quantitative estimate of drug-likeness (QED) is 0.786. The number of alkyl halides is 3. The first kappa shape index (κ1) is 16.6. The first-order valence-corrected chi connectivity index (χ1v) is 7.23. The van der Waals surface area contributed by atoms with E-state index in [9.17, 15) is 21.6 Å². The molecule has 1 aromatic rings. The van der Waals surface area contributed by atoms with E-state index in [1.54, 1.807) is 6.92 Å². The highest BCUT2D eigenvalue weighted by Crippen LogP contribution is 2.26. The molecule has 1 aromatic carbocycles. The molecule has 0 aromatic heterocycles. The average Bonchev–Trinajstić information content (AvgIpc) is 2.29. The molecule has 114 valence electrons. The van der Waals surface area contributed by atoms with E-state index < -0.39 is 29.2 Å². The van der Waals surface area contributed by atoms with E-state index in [0.717, 1.165) is 6.07 Å².